The van der Waals surface area contributed by atoms with Gasteiger partial charge in [-0.2, -0.15) is 0 Å². The highest BCUT2D eigenvalue weighted by Gasteiger charge is 2.44. The van der Waals surface area contributed by atoms with Crippen molar-refractivity contribution < 1.29 is 0 Å². The quantitative estimate of drug-likeness (QED) is 0.772. The normalized spacial score (nSPS) is 23.0. The molecule has 0 spiro atoms. The van der Waals surface area contributed by atoms with Crippen LogP contribution in [-0.2, 0) is 10.5 Å². The average Bonchev–Trinajstić information content (AvgIpc) is 2.37. The molecule has 1 aliphatic carbocycles. The van der Waals surface area contributed by atoms with Gasteiger partial charge >= 0.3 is 0 Å². The highest BCUT2D eigenvalue weighted by atomic mass is 28.3. The van der Waals surface area contributed by atoms with Crippen molar-refractivity contribution in [2.75, 3.05) is 0 Å². The summed E-state index contributed by atoms with van der Waals surface area (Å²) < 4.78 is 0. The van der Waals surface area contributed by atoms with E-state index in [4.69, 9.17) is 5.73 Å². The largest absolute Gasteiger partial charge is 0.399 e. The van der Waals surface area contributed by atoms with Crippen molar-refractivity contribution in [1.82, 2.24) is 0 Å². The zero-order chi connectivity index (χ0) is 15.9. The zero-order valence-electron chi connectivity index (χ0n) is 14.3. The van der Waals surface area contributed by atoms with Crippen molar-refractivity contribution in [3.8, 4) is 0 Å². The van der Waals surface area contributed by atoms with Crippen LogP contribution in [0.2, 0.25) is 19.6 Å². The van der Waals surface area contributed by atoms with Gasteiger partial charge in [-0.05, 0) is 29.0 Å². The summed E-state index contributed by atoms with van der Waals surface area (Å²) in [4.78, 5) is 0. The van der Waals surface area contributed by atoms with Gasteiger partial charge in [0.15, 0.2) is 0 Å². The average molecular weight is 300 g/mol. The second-order valence-corrected chi connectivity index (χ2v) is 13.7. The Morgan fingerprint density at radius 3 is 2.19 bits per heavy atom. The lowest BCUT2D eigenvalue weighted by Crippen LogP contribution is -2.49. The SMILES string of the molecule is CC(C)(C)c1ccccc1C1([Si](C)(C)C)C=CC(N)=CC1. The summed E-state index contributed by atoms with van der Waals surface area (Å²) in [6.07, 6.45) is 7.73. The molecule has 1 nitrogen and oxygen atoms in total. The molecule has 0 heterocycles. The van der Waals surface area contributed by atoms with E-state index >= 15 is 0 Å². The molecule has 1 atom stereocenters. The highest BCUT2D eigenvalue weighted by molar-refractivity contribution is 6.79. The molecule has 2 N–H and O–H groups in total. The number of allylic oxidation sites excluding steroid dienone is 3. The topological polar surface area (TPSA) is 26.0 Å². The fraction of sp³-hybridized carbons (Fsp3) is 0.474. The van der Waals surface area contributed by atoms with Crippen LogP contribution in [0.4, 0.5) is 0 Å². The van der Waals surface area contributed by atoms with Gasteiger partial charge in [0.1, 0.15) is 0 Å². The van der Waals surface area contributed by atoms with Crippen LogP contribution < -0.4 is 5.73 Å². The van der Waals surface area contributed by atoms with Gasteiger partial charge in [-0.15, -0.1) is 0 Å². The Balaban J connectivity index is 2.69. The molecule has 0 amide bonds. The molecule has 0 saturated heterocycles. The zero-order valence-corrected chi connectivity index (χ0v) is 15.3. The van der Waals surface area contributed by atoms with E-state index in [0.717, 1.165) is 12.1 Å². The van der Waals surface area contributed by atoms with Gasteiger partial charge in [0.25, 0.3) is 0 Å². The maximum Gasteiger partial charge on any atom is 0.0608 e. The standard InChI is InChI=1S/C19H29NSi/c1-18(2,3)16-9-7-8-10-17(16)19(21(4,5)6)13-11-15(20)12-14-19/h7-13H,14,20H2,1-6H3. The van der Waals surface area contributed by atoms with E-state index in [2.05, 4.69) is 82.9 Å². The smallest absolute Gasteiger partial charge is 0.0608 e. The Bertz CT molecular complexity index is 584. The lowest BCUT2D eigenvalue weighted by molar-refractivity contribution is 0.567. The molecule has 1 aliphatic rings. The third-order valence-electron chi connectivity index (χ3n) is 4.77. The Hall–Kier alpha value is -1.28. The van der Waals surface area contributed by atoms with Crippen molar-refractivity contribution in [2.24, 2.45) is 5.73 Å². The number of benzene rings is 1. The monoisotopic (exact) mass is 299 g/mol. The number of hydrogen-bond acceptors (Lipinski definition) is 1. The molecule has 0 fully saturated rings. The van der Waals surface area contributed by atoms with Crippen molar-refractivity contribution in [2.45, 2.75) is 57.3 Å². The Morgan fingerprint density at radius 1 is 1.10 bits per heavy atom. The lowest BCUT2D eigenvalue weighted by atomic mass is 9.77. The third kappa shape index (κ3) is 2.87. The predicted octanol–water partition coefficient (Wildman–Crippen LogP) is 4.90. The first kappa shape index (κ1) is 16.1. The Morgan fingerprint density at radius 2 is 1.71 bits per heavy atom. The van der Waals surface area contributed by atoms with E-state index in [1.165, 1.54) is 11.1 Å². The van der Waals surface area contributed by atoms with Gasteiger partial charge in [0, 0.05) is 10.7 Å². The van der Waals surface area contributed by atoms with E-state index in [0.29, 0.717) is 0 Å². The molecule has 2 heteroatoms. The van der Waals surface area contributed by atoms with E-state index in [1.807, 2.05) is 0 Å². The maximum atomic E-state index is 5.99. The van der Waals surface area contributed by atoms with E-state index < -0.39 is 8.07 Å². The molecular weight excluding hydrogens is 270 g/mol. The minimum Gasteiger partial charge on any atom is -0.399 e. The first-order valence-electron chi connectivity index (χ1n) is 7.83. The second-order valence-electron chi connectivity index (χ2n) is 8.26. The molecule has 0 aromatic heterocycles. The fourth-order valence-corrected chi connectivity index (χ4v) is 5.66. The van der Waals surface area contributed by atoms with Crippen molar-refractivity contribution in [3.63, 3.8) is 0 Å². The molecule has 2 rings (SSSR count). The summed E-state index contributed by atoms with van der Waals surface area (Å²) >= 11 is 0. The Kier molecular flexibility index (Phi) is 3.96. The maximum absolute atomic E-state index is 5.99. The first-order chi connectivity index (χ1) is 9.58. The predicted molar refractivity (Wildman–Crippen MR) is 96.2 cm³/mol. The van der Waals surface area contributed by atoms with Crippen LogP contribution in [0.25, 0.3) is 0 Å². The first-order valence-corrected chi connectivity index (χ1v) is 11.3. The van der Waals surface area contributed by atoms with E-state index in [-0.39, 0.29) is 10.5 Å². The van der Waals surface area contributed by atoms with Crippen LogP contribution in [0.5, 0.6) is 0 Å². The molecule has 1 aromatic carbocycles. The van der Waals surface area contributed by atoms with Gasteiger partial charge in [0.2, 0.25) is 0 Å². The molecule has 114 valence electrons. The van der Waals surface area contributed by atoms with Crippen LogP contribution in [-0.4, -0.2) is 8.07 Å². The molecule has 1 unspecified atom stereocenters. The van der Waals surface area contributed by atoms with Crippen molar-refractivity contribution in [3.05, 3.63) is 59.3 Å². The highest BCUT2D eigenvalue weighted by Crippen LogP contribution is 2.45. The van der Waals surface area contributed by atoms with E-state index in [9.17, 15) is 0 Å². The summed E-state index contributed by atoms with van der Waals surface area (Å²) in [7, 11) is -1.47. The summed E-state index contributed by atoms with van der Waals surface area (Å²) in [5.74, 6) is 0. The van der Waals surface area contributed by atoms with Crippen molar-refractivity contribution >= 4 is 8.07 Å². The summed E-state index contributed by atoms with van der Waals surface area (Å²) in [6.45, 7) is 14.3. The summed E-state index contributed by atoms with van der Waals surface area (Å²) in [5.41, 5.74) is 10.0. The van der Waals surface area contributed by atoms with Gasteiger partial charge in [0.05, 0.1) is 8.07 Å². The van der Waals surface area contributed by atoms with Crippen LogP contribution in [0, 0.1) is 0 Å². The molecule has 0 aliphatic heterocycles. The van der Waals surface area contributed by atoms with Crippen LogP contribution >= 0.6 is 0 Å². The van der Waals surface area contributed by atoms with Crippen LogP contribution in [0.3, 0.4) is 0 Å². The third-order valence-corrected chi connectivity index (χ3v) is 8.09. The second kappa shape index (κ2) is 5.17. The van der Waals surface area contributed by atoms with Gasteiger partial charge in [-0.3, -0.25) is 0 Å². The molecule has 0 bridgehead atoms. The fourth-order valence-electron chi connectivity index (χ4n) is 3.34. The lowest BCUT2D eigenvalue weighted by Gasteiger charge is -2.45. The number of nitrogens with two attached hydrogens (primary N) is 1. The van der Waals surface area contributed by atoms with Gasteiger partial charge < -0.3 is 5.73 Å². The molecule has 1 aromatic rings. The van der Waals surface area contributed by atoms with Crippen molar-refractivity contribution in [1.29, 1.82) is 0 Å². The van der Waals surface area contributed by atoms with Crippen LogP contribution in [0.15, 0.2) is 48.2 Å². The number of rotatable bonds is 2. The summed E-state index contributed by atoms with van der Waals surface area (Å²) in [6, 6.07) is 8.98. The molecule has 0 saturated carbocycles. The number of hydrogen-bond donors (Lipinski definition) is 1. The Labute approximate surface area is 131 Å². The summed E-state index contributed by atoms with van der Waals surface area (Å²) in [5, 5.41) is 0.139. The van der Waals surface area contributed by atoms with Gasteiger partial charge in [-0.25, -0.2) is 0 Å². The minimum atomic E-state index is -1.47. The molecule has 21 heavy (non-hydrogen) atoms. The minimum absolute atomic E-state index is 0.139. The van der Waals surface area contributed by atoms with Gasteiger partial charge in [-0.1, -0.05) is 76.8 Å². The van der Waals surface area contributed by atoms with E-state index in [1.54, 1.807) is 0 Å². The molecular formula is C19H29NSi. The van der Waals surface area contributed by atoms with Crippen LogP contribution in [0.1, 0.15) is 38.3 Å². The molecule has 0 radical (unpaired) electrons.